The summed E-state index contributed by atoms with van der Waals surface area (Å²) in [5.74, 6) is -1.02. The van der Waals surface area contributed by atoms with Crippen molar-refractivity contribution in [2.45, 2.75) is 39.3 Å². The maximum atomic E-state index is 12.5. The van der Waals surface area contributed by atoms with E-state index in [1.54, 1.807) is 32.2 Å². The van der Waals surface area contributed by atoms with E-state index in [-0.39, 0.29) is 18.2 Å². The maximum absolute atomic E-state index is 12.5. The van der Waals surface area contributed by atoms with Crippen molar-refractivity contribution >= 4 is 17.8 Å². The Labute approximate surface area is 147 Å². The number of nitrogens with one attached hydrogen (secondary N) is 2. The molecule has 2 N–H and O–H groups in total. The summed E-state index contributed by atoms with van der Waals surface area (Å²) in [6.45, 7) is 4.95. The zero-order valence-corrected chi connectivity index (χ0v) is 15.2. The van der Waals surface area contributed by atoms with E-state index in [9.17, 15) is 14.4 Å². The summed E-state index contributed by atoms with van der Waals surface area (Å²) in [7, 11) is 2.76. The molecule has 0 bridgehead atoms. The van der Waals surface area contributed by atoms with Crippen LogP contribution in [0.15, 0.2) is 18.3 Å². The Morgan fingerprint density at radius 3 is 2.28 bits per heavy atom. The molecule has 8 nitrogen and oxygen atoms in total. The first kappa shape index (κ1) is 20.4. The highest BCUT2D eigenvalue weighted by Crippen LogP contribution is 2.10. The fourth-order valence-corrected chi connectivity index (χ4v) is 2.24. The van der Waals surface area contributed by atoms with E-state index in [2.05, 4.69) is 15.6 Å². The van der Waals surface area contributed by atoms with E-state index in [4.69, 9.17) is 9.47 Å². The molecule has 0 radical (unpaired) electrons. The molecule has 138 valence electrons. The second-order valence-electron chi connectivity index (χ2n) is 5.92. The molecule has 1 aromatic heterocycles. The molecule has 1 rings (SSSR count). The van der Waals surface area contributed by atoms with Gasteiger partial charge < -0.3 is 20.1 Å². The lowest BCUT2D eigenvalue weighted by Crippen LogP contribution is -2.54. The van der Waals surface area contributed by atoms with Gasteiger partial charge in [-0.05, 0) is 11.5 Å². The average Bonchev–Trinajstić information content (AvgIpc) is 2.58. The van der Waals surface area contributed by atoms with Gasteiger partial charge in [-0.15, -0.1) is 0 Å². The van der Waals surface area contributed by atoms with Gasteiger partial charge in [-0.3, -0.25) is 9.59 Å². The number of carbonyl (C=O) groups is 3. The van der Waals surface area contributed by atoms with E-state index in [0.29, 0.717) is 5.88 Å². The summed E-state index contributed by atoms with van der Waals surface area (Å²) in [5, 5.41) is 5.23. The van der Waals surface area contributed by atoms with Crippen LogP contribution in [0.1, 0.15) is 26.3 Å². The fraction of sp³-hybridized carbons (Fsp3) is 0.529. The first-order chi connectivity index (χ1) is 11.8. The molecule has 0 aliphatic heterocycles. The largest absolute Gasteiger partial charge is 0.481 e. The van der Waals surface area contributed by atoms with Gasteiger partial charge in [0.05, 0.1) is 14.2 Å². The number of aromatic nitrogens is 1. The molecule has 2 atom stereocenters. The van der Waals surface area contributed by atoms with E-state index in [0.717, 1.165) is 5.56 Å². The number of ether oxygens (including phenoxy) is 2. The van der Waals surface area contributed by atoms with Gasteiger partial charge in [-0.2, -0.15) is 0 Å². The van der Waals surface area contributed by atoms with Crippen molar-refractivity contribution in [1.29, 1.82) is 0 Å². The van der Waals surface area contributed by atoms with Gasteiger partial charge in [0.1, 0.15) is 12.1 Å². The number of nitrogens with zero attached hydrogens (tertiary/aromatic N) is 1. The van der Waals surface area contributed by atoms with Crippen molar-refractivity contribution in [3.63, 3.8) is 0 Å². The van der Waals surface area contributed by atoms with Crippen LogP contribution in [-0.2, 0) is 25.5 Å². The Morgan fingerprint density at radius 2 is 1.84 bits per heavy atom. The van der Waals surface area contributed by atoms with Crippen LogP contribution in [0.25, 0.3) is 0 Å². The number of methoxy groups -OCH3 is 2. The number of pyridine rings is 1. The molecule has 0 saturated heterocycles. The molecule has 8 heteroatoms. The summed E-state index contributed by atoms with van der Waals surface area (Å²) in [4.78, 5) is 39.9. The van der Waals surface area contributed by atoms with Crippen molar-refractivity contribution in [2.24, 2.45) is 5.92 Å². The Balaban J connectivity index is 2.88. The summed E-state index contributed by atoms with van der Waals surface area (Å²) in [6.07, 6.45) is 1.77. The quantitative estimate of drug-likeness (QED) is 0.659. The minimum absolute atomic E-state index is 0.134. The SMILES string of the molecule is COC(=O)[C@@H](Cc1ccc(OC)nc1)NC(=O)[C@H](NC(C)=O)C(C)C. The molecule has 0 spiro atoms. The highest BCUT2D eigenvalue weighted by molar-refractivity contribution is 5.90. The van der Waals surface area contributed by atoms with Crippen molar-refractivity contribution in [2.75, 3.05) is 14.2 Å². The lowest BCUT2D eigenvalue weighted by Gasteiger charge is -2.24. The van der Waals surface area contributed by atoms with E-state index >= 15 is 0 Å². The van der Waals surface area contributed by atoms with E-state index in [1.165, 1.54) is 21.1 Å². The van der Waals surface area contributed by atoms with Gasteiger partial charge in [0.2, 0.25) is 17.7 Å². The molecule has 0 aromatic carbocycles. The van der Waals surface area contributed by atoms with E-state index < -0.39 is 24.0 Å². The average molecular weight is 351 g/mol. The minimum Gasteiger partial charge on any atom is -0.481 e. The first-order valence-corrected chi connectivity index (χ1v) is 7.92. The summed E-state index contributed by atoms with van der Waals surface area (Å²) < 4.78 is 9.75. The molecular formula is C17H25N3O5. The topological polar surface area (TPSA) is 107 Å². The third-order valence-electron chi connectivity index (χ3n) is 3.56. The zero-order chi connectivity index (χ0) is 19.0. The first-order valence-electron chi connectivity index (χ1n) is 7.92. The lowest BCUT2D eigenvalue weighted by atomic mass is 10.0. The van der Waals surface area contributed by atoms with Gasteiger partial charge in [-0.25, -0.2) is 9.78 Å². The Morgan fingerprint density at radius 1 is 1.16 bits per heavy atom. The number of hydrogen-bond acceptors (Lipinski definition) is 6. The number of rotatable bonds is 8. The van der Waals surface area contributed by atoms with Gasteiger partial charge in [-0.1, -0.05) is 19.9 Å². The third kappa shape index (κ3) is 6.40. The smallest absolute Gasteiger partial charge is 0.328 e. The van der Waals surface area contributed by atoms with Gasteiger partial charge >= 0.3 is 5.97 Å². The van der Waals surface area contributed by atoms with Crippen molar-refractivity contribution in [1.82, 2.24) is 15.6 Å². The van der Waals surface area contributed by atoms with Crippen LogP contribution in [0.2, 0.25) is 0 Å². The number of esters is 1. The third-order valence-corrected chi connectivity index (χ3v) is 3.56. The van der Waals surface area contributed by atoms with Crippen molar-refractivity contribution < 1.29 is 23.9 Å². The minimum atomic E-state index is -0.886. The molecule has 0 saturated carbocycles. The van der Waals surface area contributed by atoms with Crippen LogP contribution in [-0.4, -0.2) is 49.1 Å². The van der Waals surface area contributed by atoms with Crippen LogP contribution < -0.4 is 15.4 Å². The second-order valence-corrected chi connectivity index (χ2v) is 5.92. The lowest BCUT2D eigenvalue weighted by molar-refractivity contribution is -0.145. The molecule has 0 aliphatic rings. The van der Waals surface area contributed by atoms with Crippen molar-refractivity contribution in [3.8, 4) is 5.88 Å². The number of carbonyl (C=O) groups excluding carboxylic acids is 3. The van der Waals surface area contributed by atoms with Crippen LogP contribution in [0.4, 0.5) is 0 Å². The molecule has 0 aliphatic carbocycles. The van der Waals surface area contributed by atoms with Gasteiger partial charge in [0, 0.05) is 25.6 Å². The second kappa shape index (κ2) is 9.61. The van der Waals surface area contributed by atoms with Gasteiger partial charge in [0.15, 0.2) is 0 Å². The highest BCUT2D eigenvalue weighted by Gasteiger charge is 2.28. The Kier molecular flexibility index (Phi) is 7.84. The fourth-order valence-electron chi connectivity index (χ4n) is 2.24. The maximum Gasteiger partial charge on any atom is 0.328 e. The molecule has 0 fully saturated rings. The number of hydrogen-bond donors (Lipinski definition) is 2. The standard InChI is InChI=1S/C17H25N3O5/c1-10(2)15(19-11(3)21)16(22)20-13(17(23)25-5)8-12-6-7-14(24-4)18-9-12/h6-7,9-10,13,15H,8H2,1-5H3,(H,19,21)(H,20,22)/t13-,15-/m1/s1. The molecule has 2 amide bonds. The van der Waals surface area contributed by atoms with E-state index in [1.807, 2.05) is 0 Å². The Bertz CT molecular complexity index is 601. The van der Waals surface area contributed by atoms with Crippen LogP contribution in [0.3, 0.4) is 0 Å². The predicted molar refractivity (Wildman–Crippen MR) is 90.9 cm³/mol. The van der Waals surface area contributed by atoms with Crippen LogP contribution >= 0.6 is 0 Å². The highest BCUT2D eigenvalue weighted by atomic mass is 16.5. The summed E-state index contributed by atoms with van der Waals surface area (Å²) in [6, 6.07) is 1.79. The van der Waals surface area contributed by atoms with Crippen LogP contribution in [0.5, 0.6) is 5.88 Å². The van der Waals surface area contributed by atoms with Gasteiger partial charge in [0.25, 0.3) is 0 Å². The predicted octanol–water partition coefficient (Wildman–Crippen LogP) is 0.451. The number of amides is 2. The normalized spacial score (nSPS) is 12.9. The molecule has 0 unspecified atom stereocenters. The molecule has 1 aromatic rings. The summed E-state index contributed by atoms with van der Waals surface area (Å²) in [5.41, 5.74) is 0.733. The monoisotopic (exact) mass is 351 g/mol. The molecule has 1 heterocycles. The molecule has 25 heavy (non-hydrogen) atoms. The zero-order valence-electron chi connectivity index (χ0n) is 15.2. The summed E-state index contributed by atoms with van der Waals surface area (Å²) >= 11 is 0. The van der Waals surface area contributed by atoms with Crippen molar-refractivity contribution in [3.05, 3.63) is 23.9 Å². The van der Waals surface area contributed by atoms with Crippen LogP contribution in [0, 0.1) is 5.92 Å². The Hall–Kier alpha value is -2.64. The molecular weight excluding hydrogens is 326 g/mol.